The van der Waals surface area contributed by atoms with Gasteiger partial charge in [-0.15, -0.1) is 0 Å². The highest BCUT2D eigenvalue weighted by atomic mass is 16.5. The number of nitrogens with one attached hydrogen (secondary N) is 1. The normalized spacial score (nSPS) is 11.4. The number of methoxy groups -OCH3 is 2. The summed E-state index contributed by atoms with van der Waals surface area (Å²) in [7, 11) is 3.20. The van der Waals surface area contributed by atoms with Crippen molar-refractivity contribution >= 4 is 5.91 Å². The fourth-order valence-electron chi connectivity index (χ4n) is 3.20. The van der Waals surface area contributed by atoms with E-state index in [0.717, 1.165) is 17.5 Å². The Kier molecular flexibility index (Phi) is 7.33. The Morgan fingerprint density at radius 2 is 1.67 bits per heavy atom. The second kappa shape index (κ2) is 10.3. The van der Waals surface area contributed by atoms with Crippen LogP contribution in [0, 0.1) is 0 Å². The van der Waals surface area contributed by atoms with Gasteiger partial charge in [-0.2, -0.15) is 0 Å². The van der Waals surface area contributed by atoms with Gasteiger partial charge in [-0.25, -0.2) is 0 Å². The van der Waals surface area contributed by atoms with Crippen LogP contribution in [0.25, 0.3) is 0 Å². The maximum absolute atomic E-state index is 12.9. The zero-order valence-electron chi connectivity index (χ0n) is 17.6. The number of carbonyl (C=O) groups excluding carboxylic acids is 1. The predicted molar refractivity (Wildman–Crippen MR) is 117 cm³/mol. The Morgan fingerprint density at radius 1 is 0.900 bits per heavy atom. The van der Waals surface area contributed by atoms with Gasteiger partial charge in [0.25, 0.3) is 5.91 Å². The van der Waals surface area contributed by atoms with Gasteiger partial charge < -0.3 is 19.5 Å². The van der Waals surface area contributed by atoms with Crippen LogP contribution in [-0.4, -0.2) is 20.1 Å². The van der Waals surface area contributed by atoms with Crippen molar-refractivity contribution < 1.29 is 19.0 Å². The highest BCUT2D eigenvalue weighted by Gasteiger charge is 2.17. The van der Waals surface area contributed by atoms with Gasteiger partial charge in [-0.1, -0.05) is 49.4 Å². The number of benzene rings is 3. The molecular formula is C25H27NO4. The zero-order valence-corrected chi connectivity index (χ0v) is 17.6. The first-order chi connectivity index (χ1) is 14.6. The average molecular weight is 405 g/mol. The van der Waals surface area contributed by atoms with E-state index in [1.54, 1.807) is 26.4 Å². The van der Waals surface area contributed by atoms with E-state index in [-0.39, 0.29) is 11.9 Å². The molecule has 0 saturated heterocycles. The molecule has 1 N–H and O–H groups in total. The van der Waals surface area contributed by atoms with E-state index >= 15 is 0 Å². The Hall–Kier alpha value is -3.47. The van der Waals surface area contributed by atoms with Gasteiger partial charge in [0.2, 0.25) is 0 Å². The van der Waals surface area contributed by atoms with Crippen LogP contribution in [0.1, 0.15) is 40.9 Å². The van der Waals surface area contributed by atoms with Gasteiger partial charge in [0.05, 0.1) is 20.3 Å². The van der Waals surface area contributed by atoms with Gasteiger partial charge in [0, 0.05) is 5.56 Å². The van der Waals surface area contributed by atoms with E-state index in [0.29, 0.717) is 29.4 Å². The molecule has 5 heteroatoms. The minimum atomic E-state index is -0.151. The van der Waals surface area contributed by atoms with Crippen molar-refractivity contribution in [3.05, 3.63) is 89.5 Å². The second-order valence-corrected chi connectivity index (χ2v) is 6.85. The van der Waals surface area contributed by atoms with Crippen LogP contribution < -0.4 is 19.5 Å². The zero-order chi connectivity index (χ0) is 21.3. The topological polar surface area (TPSA) is 56.8 Å². The van der Waals surface area contributed by atoms with Crippen LogP contribution in [0.3, 0.4) is 0 Å². The van der Waals surface area contributed by atoms with Crippen molar-refractivity contribution in [2.45, 2.75) is 26.0 Å². The molecule has 0 heterocycles. The molecule has 30 heavy (non-hydrogen) atoms. The van der Waals surface area contributed by atoms with E-state index < -0.39 is 0 Å². The number of rotatable bonds is 9. The molecule has 3 rings (SSSR count). The van der Waals surface area contributed by atoms with Crippen molar-refractivity contribution in [3.63, 3.8) is 0 Å². The highest BCUT2D eigenvalue weighted by molar-refractivity contribution is 5.94. The number of carbonyl (C=O) groups is 1. The maximum Gasteiger partial charge on any atom is 0.251 e. The minimum Gasteiger partial charge on any atom is -0.493 e. The predicted octanol–water partition coefficient (Wildman–Crippen LogP) is 5.16. The van der Waals surface area contributed by atoms with E-state index in [2.05, 4.69) is 5.32 Å². The maximum atomic E-state index is 12.9. The van der Waals surface area contributed by atoms with Crippen molar-refractivity contribution in [2.24, 2.45) is 0 Å². The van der Waals surface area contributed by atoms with E-state index in [4.69, 9.17) is 14.2 Å². The van der Waals surface area contributed by atoms with Gasteiger partial charge >= 0.3 is 0 Å². The van der Waals surface area contributed by atoms with Crippen LogP contribution in [0.15, 0.2) is 72.8 Å². The third-order valence-corrected chi connectivity index (χ3v) is 4.87. The third-order valence-electron chi connectivity index (χ3n) is 4.87. The molecule has 5 nitrogen and oxygen atoms in total. The summed E-state index contributed by atoms with van der Waals surface area (Å²) in [6, 6.07) is 22.7. The molecule has 1 atom stereocenters. The highest BCUT2D eigenvalue weighted by Crippen LogP contribution is 2.31. The molecule has 0 aliphatic heterocycles. The summed E-state index contributed by atoms with van der Waals surface area (Å²) < 4.78 is 16.5. The fourth-order valence-corrected chi connectivity index (χ4v) is 3.20. The number of ether oxygens (including phenoxy) is 3. The Labute approximate surface area is 177 Å². The lowest BCUT2D eigenvalue weighted by atomic mass is 10.0. The van der Waals surface area contributed by atoms with Crippen molar-refractivity contribution in [1.82, 2.24) is 5.32 Å². The van der Waals surface area contributed by atoms with Crippen molar-refractivity contribution in [2.75, 3.05) is 14.2 Å². The molecule has 0 aliphatic rings. The largest absolute Gasteiger partial charge is 0.493 e. The molecule has 3 aromatic rings. The standard InChI is InChI=1S/C25H27NO4/c1-4-22(19-13-14-23(28-2)24(16-19)29-3)26-25(27)20-11-8-12-21(15-20)30-17-18-9-6-5-7-10-18/h5-16,22H,4,17H2,1-3H3,(H,26,27)/t22-/m0/s1. The number of hydrogen-bond acceptors (Lipinski definition) is 4. The summed E-state index contributed by atoms with van der Waals surface area (Å²) >= 11 is 0. The molecule has 3 aromatic carbocycles. The Bertz CT molecular complexity index is 972. The first-order valence-electron chi connectivity index (χ1n) is 9.94. The van der Waals surface area contributed by atoms with Crippen LogP contribution in [-0.2, 0) is 6.61 Å². The first-order valence-corrected chi connectivity index (χ1v) is 9.94. The summed E-state index contributed by atoms with van der Waals surface area (Å²) in [6.45, 7) is 2.48. The Balaban J connectivity index is 1.69. The van der Waals surface area contributed by atoms with Gasteiger partial charge in [-0.3, -0.25) is 4.79 Å². The fraction of sp³-hybridized carbons (Fsp3) is 0.240. The monoisotopic (exact) mass is 405 g/mol. The van der Waals surface area contributed by atoms with Crippen LogP contribution >= 0.6 is 0 Å². The molecular weight excluding hydrogens is 378 g/mol. The Morgan fingerprint density at radius 3 is 2.37 bits per heavy atom. The summed E-state index contributed by atoms with van der Waals surface area (Å²) in [5, 5.41) is 3.10. The van der Waals surface area contributed by atoms with E-state index in [1.165, 1.54) is 0 Å². The van der Waals surface area contributed by atoms with Gasteiger partial charge in [0.15, 0.2) is 11.5 Å². The van der Waals surface area contributed by atoms with Crippen molar-refractivity contribution in [1.29, 1.82) is 0 Å². The third kappa shape index (κ3) is 5.32. The molecule has 156 valence electrons. The lowest BCUT2D eigenvalue weighted by Crippen LogP contribution is -2.28. The molecule has 0 radical (unpaired) electrons. The van der Waals surface area contributed by atoms with Crippen molar-refractivity contribution in [3.8, 4) is 17.2 Å². The molecule has 0 bridgehead atoms. The summed E-state index contributed by atoms with van der Waals surface area (Å²) in [6.07, 6.45) is 0.741. The van der Waals surface area contributed by atoms with E-state index in [9.17, 15) is 4.79 Å². The van der Waals surface area contributed by atoms with Crippen LogP contribution in [0.2, 0.25) is 0 Å². The molecule has 0 unspecified atom stereocenters. The molecule has 0 fully saturated rings. The molecule has 0 aromatic heterocycles. The lowest BCUT2D eigenvalue weighted by molar-refractivity contribution is 0.0935. The van der Waals surface area contributed by atoms with Gasteiger partial charge in [0.1, 0.15) is 12.4 Å². The van der Waals surface area contributed by atoms with E-state index in [1.807, 2.05) is 67.6 Å². The first kappa shape index (κ1) is 21.2. The minimum absolute atomic E-state index is 0.147. The van der Waals surface area contributed by atoms with Crippen LogP contribution in [0.5, 0.6) is 17.2 Å². The second-order valence-electron chi connectivity index (χ2n) is 6.85. The number of hydrogen-bond donors (Lipinski definition) is 1. The number of amides is 1. The average Bonchev–Trinajstić information content (AvgIpc) is 2.81. The smallest absolute Gasteiger partial charge is 0.251 e. The summed E-state index contributed by atoms with van der Waals surface area (Å²) in [5.74, 6) is 1.80. The molecule has 0 spiro atoms. The van der Waals surface area contributed by atoms with Gasteiger partial charge in [-0.05, 0) is 47.9 Å². The molecule has 0 saturated carbocycles. The summed E-state index contributed by atoms with van der Waals surface area (Å²) in [5.41, 5.74) is 2.59. The molecule has 0 aliphatic carbocycles. The molecule has 1 amide bonds. The quantitative estimate of drug-likeness (QED) is 0.534. The van der Waals surface area contributed by atoms with Crippen LogP contribution in [0.4, 0.5) is 0 Å². The lowest BCUT2D eigenvalue weighted by Gasteiger charge is -2.19. The summed E-state index contributed by atoms with van der Waals surface area (Å²) in [4.78, 5) is 12.9. The SMILES string of the molecule is CC[C@H](NC(=O)c1cccc(OCc2ccccc2)c1)c1ccc(OC)c(OC)c1.